The summed E-state index contributed by atoms with van der Waals surface area (Å²) in [5, 5.41) is 19.1. The summed E-state index contributed by atoms with van der Waals surface area (Å²) in [6.45, 7) is 4.02. The molecule has 4 heterocycles. The van der Waals surface area contributed by atoms with E-state index in [0.717, 1.165) is 44.5 Å². The molecule has 168 valence electrons. The zero-order chi connectivity index (χ0) is 22.5. The van der Waals surface area contributed by atoms with Crippen molar-refractivity contribution in [2.24, 2.45) is 4.99 Å². The van der Waals surface area contributed by atoms with Crippen molar-refractivity contribution in [2.45, 2.75) is 45.1 Å². The number of imidazole rings is 1. The molecule has 4 rings (SSSR count). The van der Waals surface area contributed by atoms with E-state index in [1.165, 1.54) is 0 Å². The number of anilines is 1. The van der Waals surface area contributed by atoms with Crippen LogP contribution in [0.4, 0.5) is 5.82 Å². The van der Waals surface area contributed by atoms with Crippen LogP contribution in [0.1, 0.15) is 37.8 Å². The van der Waals surface area contributed by atoms with Crippen molar-refractivity contribution in [2.75, 3.05) is 31.5 Å². The summed E-state index contributed by atoms with van der Waals surface area (Å²) in [4.78, 5) is 38.0. The van der Waals surface area contributed by atoms with Crippen LogP contribution in [-0.4, -0.2) is 74.4 Å². The third-order valence-corrected chi connectivity index (χ3v) is 5.68. The van der Waals surface area contributed by atoms with Gasteiger partial charge in [-0.1, -0.05) is 0 Å². The molecule has 0 aliphatic carbocycles. The lowest BCUT2D eigenvalue weighted by molar-refractivity contribution is -0.140. The average Bonchev–Trinajstić information content (AvgIpc) is 3.39. The Morgan fingerprint density at radius 2 is 2.03 bits per heavy atom. The molecule has 0 bridgehead atoms. The molecule has 0 saturated carbocycles. The molecule has 11 heteroatoms. The van der Waals surface area contributed by atoms with Crippen molar-refractivity contribution in [3.8, 4) is 6.19 Å². The molecule has 2 amide bonds. The van der Waals surface area contributed by atoms with Gasteiger partial charge in [0, 0.05) is 19.6 Å². The van der Waals surface area contributed by atoms with Crippen LogP contribution < -0.4 is 10.6 Å². The monoisotopic (exact) mass is 437 g/mol. The van der Waals surface area contributed by atoms with E-state index in [9.17, 15) is 9.59 Å². The molecule has 1 atom stereocenters. The van der Waals surface area contributed by atoms with Crippen LogP contribution in [-0.2, 0) is 9.59 Å². The van der Waals surface area contributed by atoms with Gasteiger partial charge >= 0.3 is 0 Å². The van der Waals surface area contributed by atoms with E-state index in [1.54, 1.807) is 27.7 Å². The zero-order valence-electron chi connectivity index (χ0n) is 18.1. The lowest BCUT2D eigenvalue weighted by atomic mass is 10.1. The fourth-order valence-corrected chi connectivity index (χ4v) is 4.08. The molecule has 0 spiro atoms. The van der Waals surface area contributed by atoms with Gasteiger partial charge in [0.25, 0.3) is 0 Å². The summed E-state index contributed by atoms with van der Waals surface area (Å²) < 4.78 is 1.63. The average molecular weight is 438 g/mol. The van der Waals surface area contributed by atoms with E-state index in [1.807, 2.05) is 18.0 Å². The molecule has 0 unspecified atom stereocenters. The summed E-state index contributed by atoms with van der Waals surface area (Å²) >= 11 is 0. The topological polar surface area (TPSA) is 131 Å². The Morgan fingerprint density at radius 1 is 1.25 bits per heavy atom. The number of hydrogen-bond acceptors (Lipinski definition) is 6. The number of aliphatic imine (C=N–C) groups is 1. The number of carbonyl (C=O) groups is 2. The number of nitriles is 1. The molecule has 2 N–H and O–H groups in total. The first-order valence-electron chi connectivity index (χ1n) is 10.9. The lowest BCUT2D eigenvalue weighted by Gasteiger charge is -2.25. The third-order valence-electron chi connectivity index (χ3n) is 5.68. The predicted molar refractivity (Wildman–Crippen MR) is 118 cm³/mol. The number of hydrogen-bond donors (Lipinski definition) is 2. The number of nitrogens with one attached hydrogen (secondary N) is 2. The third kappa shape index (κ3) is 4.96. The molecule has 2 aliphatic heterocycles. The highest BCUT2D eigenvalue weighted by Gasteiger charge is 2.30. The fraction of sp³-hybridized carbons (Fsp3) is 0.524. The molecule has 11 nitrogen and oxygen atoms in total. The first-order chi connectivity index (χ1) is 15.5. The first kappa shape index (κ1) is 21.5. The van der Waals surface area contributed by atoms with E-state index in [4.69, 9.17) is 5.26 Å². The Hall–Kier alpha value is -3.68. The fourth-order valence-electron chi connectivity index (χ4n) is 4.08. The van der Waals surface area contributed by atoms with Crippen molar-refractivity contribution >= 4 is 29.2 Å². The van der Waals surface area contributed by atoms with Crippen LogP contribution in [0, 0.1) is 18.4 Å². The standard InChI is InChI=1S/C21H27N9O2/c1-15-12-30-18(24-15)8-7-17(27-30)26-21(23-14-22)25-16-6-2-3-11-29(20(16)32)13-19(31)28-9-4-5-10-28/h7-8,12,16H,2-6,9-11,13H2,1H3,(H2,23,25,26,27)/t16-/m0/s1. The minimum Gasteiger partial charge on any atom is -0.341 e. The molecule has 0 radical (unpaired) electrons. The van der Waals surface area contributed by atoms with Gasteiger partial charge in [-0.05, 0) is 51.2 Å². The smallest absolute Gasteiger partial charge is 0.247 e. The van der Waals surface area contributed by atoms with Crippen LogP contribution >= 0.6 is 0 Å². The molecular formula is C21H27N9O2. The Labute approximate surface area is 186 Å². The van der Waals surface area contributed by atoms with E-state index in [2.05, 4.69) is 25.7 Å². The summed E-state index contributed by atoms with van der Waals surface area (Å²) in [6, 6.07) is 2.85. The largest absolute Gasteiger partial charge is 0.341 e. The number of aromatic nitrogens is 3. The number of guanidine groups is 1. The summed E-state index contributed by atoms with van der Waals surface area (Å²) in [6.07, 6.45) is 7.86. The van der Waals surface area contributed by atoms with E-state index in [-0.39, 0.29) is 24.3 Å². The number of likely N-dealkylation sites (tertiary alicyclic amines) is 2. The van der Waals surface area contributed by atoms with Crippen molar-refractivity contribution < 1.29 is 9.59 Å². The van der Waals surface area contributed by atoms with Gasteiger partial charge in [0.2, 0.25) is 17.8 Å². The Kier molecular flexibility index (Phi) is 6.49. The predicted octanol–water partition coefficient (Wildman–Crippen LogP) is 0.880. The number of amides is 2. The van der Waals surface area contributed by atoms with Gasteiger partial charge in [-0.25, -0.2) is 14.5 Å². The summed E-state index contributed by atoms with van der Waals surface area (Å²) in [5.41, 5.74) is 1.54. The molecule has 2 aliphatic rings. The Morgan fingerprint density at radius 3 is 2.81 bits per heavy atom. The van der Waals surface area contributed by atoms with Gasteiger partial charge in [-0.15, -0.1) is 5.10 Å². The lowest BCUT2D eigenvalue weighted by Crippen LogP contribution is -2.45. The molecule has 2 aromatic rings. The van der Waals surface area contributed by atoms with Gasteiger partial charge in [0.1, 0.15) is 6.04 Å². The van der Waals surface area contributed by atoms with Crippen molar-refractivity contribution in [3.63, 3.8) is 0 Å². The highest BCUT2D eigenvalue weighted by atomic mass is 16.2. The van der Waals surface area contributed by atoms with Gasteiger partial charge in [0.15, 0.2) is 17.7 Å². The van der Waals surface area contributed by atoms with E-state index >= 15 is 0 Å². The van der Waals surface area contributed by atoms with Gasteiger partial charge in [0.05, 0.1) is 18.4 Å². The van der Waals surface area contributed by atoms with Crippen LogP contribution in [0.25, 0.3) is 5.65 Å². The maximum atomic E-state index is 13.1. The molecule has 2 saturated heterocycles. The highest BCUT2D eigenvalue weighted by Crippen LogP contribution is 2.17. The van der Waals surface area contributed by atoms with Crippen molar-refractivity contribution in [3.05, 3.63) is 24.0 Å². The quantitative estimate of drug-likeness (QED) is 0.314. The van der Waals surface area contributed by atoms with E-state index < -0.39 is 6.04 Å². The normalized spacial score (nSPS) is 19.7. The summed E-state index contributed by atoms with van der Waals surface area (Å²) in [5.74, 6) is 0.394. The SMILES string of the molecule is Cc1cn2nc(NC(=N[C@H]3CCCCN(CC(=O)N4CCCC4)C3=O)NC#N)ccc2n1. The number of fused-ring (bicyclic) bond motifs is 1. The van der Waals surface area contributed by atoms with Gasteiger partial charge in [-0.2, -0.15) is 5.26 Å². The minimum atomic E-state index is -0.675. The van der Waals surface area contributed by atoms with Crippen LogP contribution in [0.5, 0.6) is 0 Å². The maximum absolute atomic E-state index is 13.1. The number of carbonyl (C=O) groups excluding carboxylic acids is 2. The van der Waals surface area contributed by atoms with Crippen molar-refractivity contribution in [1.29, 1.82) is 5.26 Å². The number of rotatable bonds is 4. The molecule has 2 aromatic heterocycles. The molecule has 0 aromatic carbocycles. The van der Waals surface area contributed by atoms with E-state index in [0.29, 0.717) is 24.4 Å². The zero-order valence-corrected chi connectivity index (χ0v) is 18.1. The van der Waals surface area contributed by atoms with Gasteiger partial charge < -0.3 is 15.1 Å². The second-order valence-electron chi connectivity index (χ2n) is 8.10. The van der Waals surface area contributed by atoms with Crippen LogP contribution in [0.2, 0.25) is 0 Å². The Balaban J connectivity index is 1.49. The highest BCUT2D eigenvalue weighted by molar-refractivity contribution is 5.96. The van der Waals surface area contributed by atoms with Crippen LogP contribution in [0.15, 0.2) is 23.3 Å². The Bertz CT molecular complexity index is 1060. The number of nitrogens with zero attached hydrogens (tertiary/aromatic N) is 7. The second-order valence-corrected chi connectivity index (χ2v) is 8.10. The number of aryl methyl sites for hydroxylation is 1. The van der Waals surface area contributed by atoms with Crippen LogP contribution in [0.3, 0.4) is 0 Å². The molecule has 2 fully saturated rings. The van der Waals surface area contributed by atoms with Gasteiger partial charge in [-0.3, -0.25) is 14.9 Å². The van der Waals surface area contributed by atoms with Crippen molar-refractivity contribution in [1.82, 2.24) is 29.7 Å². The molecular weight excluding hydrogens is 410 g/mol. The molecule has 32 heavy (non-hydrogen) atoms. The first-order valence-corrected chi connectivity index (χ1v) is 10.9. The summed E-state index contributed by atoms with van der Waals surface area (Å²) in [7, 11) is 0. The maximum Gasteiger partial charge on any atom is 0.247 e. The minimum absolute atomic E-state index is 0.0119. The second kappa shape index (κ2) is 9.64.